The van der Waals surface area contributed by atoms with Crippen LogP contribution in [-0.4, -0.2) is 7.11 Å². The highest BCUT2D eigenvalue weighted by molar-refractivity contribution is 5.91. The van der Waals surface area contributed by atoms with Crippen LogP contribution in [0.2, 0.25) is 0 Å². The number of benzene rings is 2. The average molecular weight is 301 g/mol. The lowest BCUT2D eigenvalue weighted by molar-refractivity contribution is -0.354. The maximum absolute atomic E-state index is 5.39. The van der Waals surface area contributed by atoms with E-state index in [0.29, 0.717) is 0 Å². The highest BCUT2D eigenvalue weighted by Gasteiger charge is 2.10. The number of anilines is 2. The molecule has 108 valence electrons. The fourth-order valence-electron chi connectivity index (χ4n) is 2.37. The van der Waals surface area contributed by atoms with E-state index in [-0.39, 0.29) is 12.4 Å². The highest BCUT2D eigenvalue weighted by Crippen LogP contribution is 2.30. The summed E-state index contributed by atoms with van der Waals surface area (Å²) in [6, 6.07) is 18.3. The van der Waals surface area contributed by atoms with E-state index < -0.39 is 0 Å². The Morgan fingerprint density at radius 1 is 0.952 bits per heavy atom. The van der Waals surface area contributed by atoms with Crippen LogP contribution in [0, 0.1) is 6.92 Å². The normalized spacial score (nSPS) is 10.0. The van der Waals surface area contributed by atoms with Gasteiger partial charge in [-0.15, -0.1) is 0 Å². The predicted octanol–water partition coefficient (Wildman–Crippen LogP) is 0.719. The van der Waals surface area contributed by atoms with Crippen LogP contribution in [0.1, 0.15) is 5.69 Å². The van der Waals surface area contributed by atoms with Crippen molar-refractivity contribution >= 4 is 22.3 Å². The summed E-state index contributed by atoms with van der Waals surface area (Å²) in [5.41, 5.74) is 4.26. The molecule has 0 radical (unpaired) electrons. The van der Waals surface area contributed by atoms with E-state index in [1.807, 2.05) is 36.4 Å². The van der Waals surface area contributed by atoms with Crippen LogP contribution in [-0.2, 0) is 0 Å². The molecule has 0 aliphatic carbocycles. The summed E-state index contributed by atoms with van der Waals surface area (Å²) in [6.07, 6.45) is 0. The lowest BCUT2D eigenvalue weighted by Crippen LogP contribution is -3.00. The molecule has 3 aromatic rings. The number of aryl methyl sites for hydroxylation is 1. The summed E-state index contributed by atoms with van der Waals surface area (Å²) in [6.45, 7) is 2.06. The van der Waals surface area contributed by atoms with E-state index >= 15 is 0 Å². The number of aromatic nitrogens is 1. The van der Waals surface area contributed by atoms with E-state index in [1.54, 1.807) is 7.11 Å². The molecule has 3 rings (SSSR count). The largest absolute Gasteiger partial charge is 1.00 e. The molecule has 0 saturated heterocycles. The number of H-pyrrole nitrogens is 1. The van der Waals surface area contributed by atoms with Crippen LogP contribution in [0.4, 0.5) is 11.4 Å². The molecule has 1 heterocycles. The van der Waals surface area contributed by atoms with Gasteiger partial charge in [0.15, 0.2) is 5.69 Å². The topological polar surface area (TPSA) is 35.4 Å². The summed E-state index contributed by atoms with van der Waals surface area (Å²) in [7, 11) is 1.68. The first kappa shape index (κ1) is 15.1. The van der Waals surface area contributed by atoms with Crippen LogP contribution in [0.3, 0.4) is 0 Å². The Hall–Kier alpha value is -2.26. The van der Waals surface area contributed by atoms with Crippen molar-refractivity contribution in [3.8, 4) is 5.75 Å². The number of methoxy groups -OCH3 is 1. The van der Waals surface area contributed by atoms with Crippen LogP contribution < -0.4 is 27.4 Å². The van der Waals surface area contributed by atoms with Crippen molar-refractivity contribution in [2.24, 2.45) is 0 Å². The number of ether oxygens (including phenoxy) is 1. The molecule has 21 heavy (non-hydrogen) atoms. The molecule has 0 aliphatic heterocycles. The predicted molar refractivity (Wildman–Crippen MR) is 81.5 cm³/mol. The Labute approximate surface area is 130 Å². The van der Waals surface area contributed by atoms with Crippen molar-refractivity contribution in [1.82, 2.24) is 0 Å². The molecular weight excluding hydrogens is 284 g/mol. The van der Waals surface area contributed by atoms with E-state index in [1.165, 1.54) is 0 Å². The van der Waals surface area contributed by atoms with Crippen molar-refractivity contribution in [3.05, 3.63) is 60.3 Å². The van der Waals surface area contributed by atoms with Crippen molar-refractivity contribution in [3.63, 3.8) is 0 Å². The first-order chi connectivity index (χ1) is 9.78. The van der Waals surface area contributed by atoms with Crippen LogP contribution >= 0.6 is 0 Å². The minimum atomic E-state index is 0. The zero-order valence-corrected chi connectivity index (χ0v) is 12.7. The van der Waals surface area contributed by atoms with Gasteiger partial charge in [0.25, 0.3) is 0 Å². The summed E-state index contributed by atoms with van der Waals surface area (Å²) >= 11 is 0. The maximum atomic E-state index is 5.39. The zero-order valence-electron chi connectivity index (χ0n) is 12.0. The molecule has 2 N–H and O–H groups in total. The second kappa shape index (κ2) is 6.46. The molecule has 0 spiro atoms. The van der Waals surface area contributed by atoms with E-state index in [0.717, 1.165) is 33.7 Å². The molecule has 0 saturated carbocycles. The molecule has 0 fully saturated rings. The lowest BCUT2D eigenvalue weighted by atomic mass is 10.1. The number of halogens is 1. The van der Waals surface area contributed by atoms with Crippen LogP contribution in [0.25, 0.3) is 10.9 Å². The number of hydrogen-bond donors (Lipinski definition) is 1. The number of pyridine rings is 1. The number of aromatic amines is 1. The zero-order chi connectivity index (χ0) is 13.9. The lowest BCUT2D eigenvalue weighted by Gasteiger charge is -2.11. The van der Waals surface area contributed by atoms with Gasteiger partial charge >= 0.3 is 0 Å². The second-order valence-electron chi connectivity index (χ2n) is 4.74. The summed E-state index contributed by atoms with van der Waals surface area (Å²) in [4.78, 5) is 3.37. The molecule has 2 aromatic carbocycles. The summed E-state index contributed by atoms with van der Waals surface area (Å²) in [5.74, 6) is 0.835. The third-order valence-electron chi connectivity index (χ3n) is 3.29. The Morgan fingerprint density at radius 3 is 2.48 bits per heavy atom. The second-order valence-corrected chi connectivity index (χ2v) is 4.74. The van der Waals surface area contributed by atoms with Crippen LogP contribution in [0.15, 0.2) is 54.6 Å². The quantitative estimate of drug-likeness (QED) is 0.774. The molecule has 0 aliphatic rings. The summed E-state index contributed by atoms with van der Waals surface area (Å²) < 4.78 is 5.39. The fraction of sp³-hybridized carbons (Fsp3) is 0.118. The molecule has 0 bridgehead atoms. The van der Waals surface area contributed by atoms with Gasteiger partial charge in [-0.05, 0) is 18.2 Å². The average Bonchev–Trinajstić information content (AvgIpc) is 2.47. The Kier molecular flexibility index (Phi) is 4.66. The number of para-hydroxylation sites is 3. The molecule has 0 amide bonds. The fourth-order valence-corrected chi connectivity index (χ4v) is 2.37. The van der Waals surface area contributed by atoms with Crippen molar-refractivity contribution in [1.29, 1.82) is 0 Å². The Bertz CT molecular complexity index is 759. The molecule has 0 atom stereocenters. The minimum absolute atomic E-state index is 0. The maximum Gasteiger partial charge on any atom is 0.213 e. The third-order valence-corrected chi connectivity index (χ3v) is 3.29. The number of rotatable bonds is 3. The van der Waals surface area contributed by atoms with Gasteiger partial charge in [-0.2, -0.15) is 0 Å². The first-order valence-electron chi connectivity index (χ1n) is 6.59. The minimum Gasteiger partial charge on any atom is -1.00 e. The standard InChI is InChI=1S/C17H16N2O.ClH/c1-12-11-16(13-7-3-4-8-14(13)18-12)19-15-9-5-6-10-17(15)20-2;/h3-11H,1-2H3,(H,18,19);1H. The Morgan fingerprint density at radius 2 is 1.67 bits per heavy atom. The van der Waals surface area contributed by atoms with E-state index in [9.17, 15) is 0 Å². The van der Waals surface area contributed by atoms with Gasteiger partial charge < -0.3 is 22.5 Å². The van der Waals surface area contributed by atoms with Gasteiger partial charge in [0.05, 0.1) is 23.9 Å². The van der Waals surface area contributed by atoms with Crippen LogP contribution in [0.5, 0.6) is 5.75 Å². The molecule has 1 aromatic heterocycles. The molecule has 4 heteroatoms. The SMILES string of the molecule is COc1ccccc1Nc1cc(C)[nH+]c2ccccc12.[Cl-]. The first-order valence-corrected chi connectivity index (χ1v) is 6.59. The van der Waals surface area contributed by atoms with Gasteiger partial charge in [-0.25, -0.2) is 4.98 Å². The number of fused-ring (bicyclic) bond motifs is 1. The van der Waals surface area contributed by atoms with E-state index in [4.69, 9.17) is 4.74 Å². The van der Waals surface area contributed by atoms with Crippen molar-refractivity contribution in [2.45, 2.75) is 6.92 Å². The monoisotopic (exact) mass is 300 g/mol. The molecular formula is C17H17ClN2O. The molecule has 0 unspecified atom stereocenters. The van der Waals surface area contributed by atoms with Gasteiger partial charge in [-0.3, -0.25) is 0 Å². The number of hydrogen-bond acceptors (Lipinski definition) is 2. The smallest absolute Gasteiger partial charge is 0.213 e. The third kappa shape index (κ3) is 3.09. The van der Waals surface area contributed by atoms with Gasteiger partial charge in [0.1, 0.15) is 5.75 Å². The van der Waals surface area contributed by atoms with Gasteiger partial charge in [0.2, 0.25) is 5.52 Å². The van der Waals surface area contributed by atoms with Gasteiger partial charge in [0, 0.05) is 19.1 Å². The number of nitrogens with one attached hydrogen (secondary N) is 2. The molecule has 3 nitrogen and oxygen atoms in total. The Balaban J connectivity index is 0.00000161. The van der Waals surface area contributed by atoms with E-state index in [2.05, 4.69) is 35.4 Å². The highest BCUT2D eigenvalue weighted by atomic mass is 35.5. The van der Waals surface area contributed by atoms with Gasteiger partial charge in [-0.1, -0.05) is 24.3 Å². The van der Waals surface area contributed by atoms with Crippen molar-refractivity contribution < 1.29 is 22.1 Å². The van der Waals surface area contributed by atoms with Crippen molar-refractivity contribution in [2.75, 3.05) is 12.4 Å². The summed E-state index contributed by atoms with van der Waals surface area (Å²) in [5, 5.41) is 4.62.